The second-order valence-electron chi connectivity index (χ2n) is 17.0. The lowest BCUT2D eigenvalue weighted by Crippen LogP contribution is -2.54. The van der Waals surface area contributed by atoms with Crippen molar-refractivity contribution in [2.75, 3.05) is 56.7 Å². The predicted molar refractivity (Wildman–Crippen MR) is 245 cm³/mol. The number of hydrogen-bond donors (Lipinski definition) is 3. The highest BCUT2D eigenvalue weighted by atomic mass is 32.2. The summed E-state index contributed by atoms with van der Waals surface area (Å²) in [6.07, 6.45) is 6.68. The van der Waals surface area contributed by atoms with Crippen LogP contribution in [-0.4, -0.2) is 132 Å². The van der Waals surface area contributed by atoms with E-state index >= 15 is 0 Å². The van der Waals surface area contributed by atoms with E-state index in [1.807, 2.05) is 46.8 Å². The second-order valence-corrected chi connectivity index (χ2v) is 21.1. The minimum Gasteiger partial charge on any atom is -0.475 e. The third-order valence-corrected chi connectivity index (χ3v) is 15.1. The fourth-order valence-corrected chi connectivity index (χ4v) is 11.3. The van der Waals surface area contributed by atoms with Crippen LogP contribution in [-0.2, 0) is 43.7 Å². The Bertz CT molecular complexity index is 1920. The van der Waals surface area contributed by atoms with Crippen LogP contribution in [0.1, 0.15) is 113 Å². The molecule has 2 aliphatic heterocycles. The summed E-state index contributed by atoms with van der Waals surface area (Å²) in [5, 5.41) is 18.0. The molecule has 2 fully saturated rings. The van der Waals surface area contributed by atoms with Gasteiger partial charge in [-0.15, -0.1) is 0 Å². The molecule has 4 rings (SSSR count). The quantitative estimate of drug-likeness (QED) is 0.0556. The van der Waals surface area contributed by atoms with Crippen molar-refractivity contribution in [3.05, 3.63) is 44.2 Å². The third kappa shape index (κ3) is 22.7. The second kappa shape index (κ2) is 30.5. The molecule has 0 amide bonds. The molecular formula is C42H72F3N9O10S2. The topological polar surface area (TPSA) is 283 Å². The van der Waals surface area contributed by atoms with Crippen molar-refractivity contribution in [2.45, 2.75) is 143 Å². The molecule has 0 bridgehead atoms. The van der Waals surface area contributed by atoms with Crippen molar-refractivity contribution >= 4 is 37.8 Å². The molecule has 2 aliphatic carbocycles. The first-order valence-corrected chi connectivity index (χ1v) is 26.3. The van der Waals surface area contributed by atoms with Crippen LogP contribution in [0, 0.1) is 23.7 Å². The first-order valence-electron chi connectivity index (χ1n) is 22.8. The number of ether oxygens (including phenoxy) is 2. The number of nitrogens with one attached hydrogen (secondary N) is 2. The minimum absolute atomic E-state index is 0.0134. The third-order valence-electron chi connectivity index (χ3n) is 11.7. The summed E-state index contributed by atoms with van der Waals surface area (Å²) in [4.78, 5) is 40.8. The number of allylic oxidation sites excluding steroid dienone is 1. The monoisotopic (exact) mass is 983 g/mol. The average molecular weight is 984 g/mol. The maximum Gasteiger partial charge on any atom is 0.490 e. The van der Waals surface area contributed by atoms with Gasteiger partial charge in [-0.3, -0.25) is 4.90 Å². The van der Waals surface area contributed by atoms with E-state index in [0.717, 1.165) is 64.6 Å². The van der Waals surface area contributed by atoms with Gasteiger partial charge in [-0.2, -0.15) is 13.2 Å². The Morgan fingerprint density at radius 3 is 1.88 bits per heavy atom. The number of carbonyl (C=O) groups is 3. The van der Waals surface area contributed by atoms with Crippen molar-refractivity contribution in [3.8, 4) is 0 Å². The van der Waals surface area contributed by atoms with Crippen molar-refractivity contribution in [1.82, 2.24) is 14.9 Å². The highest BCUT2D eigenvalue weighted by Crippen LogP contribution is 2.33. The summed E-state index contributed by atoms with van der Waals surface area (Å²) in [7, 11) is -6.08. The normalized spacial score (nSPS) is 25.7. The zero-order valence-corrected chi connectivity index (χ0v) is 41.0. The van der Waals surface area contributed by atoms with Gasteiger partial charge < -0.3 is 19.9 Å². The number of sulfone groups is 1. The number of likely N-dealkylation sites (tertiary alicyclic amines) is 1. The summed E-state index contributed by atoms with van der Waals surface area (Å²) in [5.74, 6) is -1.67. The number of azide groups is 2. The average Bonchev–Trinajstić information content (AvgIpc) is 3.25. The molecule has 3 N–H and O–H groups in total. The van der Waals surface area contributed by atoms with Gasteiger partial charge in [0.15, 0.2) is 9.84 Å². The Morgan fingerprint density at radius 1 is 0.864 bits per heavy atom. The minimum atomic E-state index is -5.08. The van der Waals surface area contributed by atoms with Crippen LogP contribution < -0.4 is 10.0 Å². The first-order chi connectivity index (χ1) is 31.0. The van der Waals surface area contributed by atoms with E-state index in [4.69, 9.17) is 30.4 Å². The predicted octanol–water partition coefficient (Wildman–Crippen LogP) is 7.41. The number of rotatable bonds is 17. The molecule has 24 heteroatoms. The van der Waals surface area contributed by atoms with E-state index in [1.165, 1.54) is 0 Å². The van der Waals surface area contributed by atoms with Crippen LogP contribution in [0.3, 0.4) is 0 Å². The largest absolute Gasteiger partial charge is 0.490 e. The molecule has 66 heavy (non-hydrogen) atoms. The zero-order valence-electron chi connectivity index (χ0n) is 39.4. The lowest BCUT2D eigenvalue weighted by molar-refractivity contribution is -0.192. The molecule has 8 atom stereocenters. The molecule has 378 valence electrons. The SMILES string of the molecule is CCCCS(=O)(=O)C[C@@H]1CCCNC1.CCCCS(=O)(=O)N[C@@H]1CCCN([C@@H]2C=C(C(=O)OCC)C[C@H](N=[N+]=[N-])[C@H]2C)C1.CCOC(=O)C1=C[C@@H](C)[C@H](C)[C@@H](N=[N+]=[N-])C1.O=C(O)C(F)(F)F. The molecule has 0 aromatic rings. The smallest absolute Gasteiger partial charge is 0.475 e. The first kappa shape index (κ1) is 60.1. The highest BCUT2D eigenvalue weighted by molar-refractivity contribution is 7.91. The van der Waals surface area contributed by atoms with Gasteiger partial charge in [0.05, 0.1) is 30.5 Å². The van der Waals surface area contributed by atoms with Crippen LogP contribution in [0.5, 0.6) is 0 Å². The van der Waals surface area contributed by atoms with Crippen LogP contribution in [0.4, 0.5) is 13.2 Å². The number of sulfonamides is 1. The number of carboxylic acids is 1. The van der Waals surface area contributed by atoms with E-state index < -0.39 is 32.0 Å². The van der Waals surface area contributed by atoms with Crippen LogP contribution in [0.25, 0.3) is 20.9 Å². The maximum atomic E-state index is 12.3. The lowest BCUT2D eigenvalue weighted by atomic mass is 9.79. The number of alkyl halides is 3. The van der Waals surface area contributed by atoms with Crippen molar-refractivity contribution in [1.29, 1.82) is 0 Å². The number of aliphatic carboxylic acids is 1. The van der Waals surface area contributed by atoms with Crippen LogP contribution in [0.15, 0.2) is 33.5 Å². The molecule has 2 saturated heterocycles. The molecule has 0 aromatic carbocycles. The number of carboxylic acid groups (broad SMARTS) is 1. The van der Waals surface area contributed by atoms with Crippen molar-refractivity contribution < 1.29 is 59.0 Å². The molecule has 0 unspecified atom stereocenters. The highest BCUT2D eigenvalue weighted by Gasteiger charge is 2.39. The maximum absolute atomic E-state index is 12.3. The summed E-state index contributed by atoms with van der Waals surface area (Å²) < 4.78 is 92.5. The number of hydrogen-bond acceptors (Lipinski definition) is 13. The molecule has 2 heterocycles. The number of esters is 2. The standard InChI is InChI=1S/C19H33N5O4S.C11H17N3O2.C10H21NO2S.C2HF3O2/c1-4-6-10-29(26,27)22-16-8-7-9-24(13-16)18-12-15(19(25)28-5-2)11-17(14(18)3)21-23-20;1-4-16-11(15)9-5-7(2)8(3)10(6-9)13-14-12;1-2-3-7-14(12,13)9-10-5-4-6-11-8-10;3-2(4,5)1(6)7/h12,14,16-18,22H,4-11,13H2,1-3H3;5,7-8,10H,4,6H2,1-3H3;10-11H,2-9H2,1H3;(H,6,7)/t14-,16-,17+,18-;7-,8+,10+;10-;/m111./s1. The van der Waals surface area contributed by atoms with Gasteiger partial charge in [0.25, 0.3) is 0 Å². The van der Waals surface area contributed by atoms with E-state index in [9.17, 15) is 39.6 Å². The Morgan fingerprint density at radius 2 is 1.39 bits per heavy atom. The Hall–Kier alpha value is -3.92. The number of carbonyl (C=O) groups excluding carboxylic acids is 2. The zero-order chi connectivity index (χ0) is 50.1. The summed E-state index contributed by atoms with van der Waals surface area (Å²) >= 11 is 0. The van der Waals surface area contributed by atoms with Gasteiger partial charge in [-0.1, -0.05) is 69.8 Å². The number of unbranched alkanes of at least 4 members (excludes halogenated alkanes) is 2. The molecule has 4 aliphatic rings. The van der Waals surface area contributed by atoms with Crippen molar-refractivity contribution in [3.63, 3.8) is 0 Å². The Balaban J connectivity index is 0.000000496. The van der Waals surface area contributed by atoms with Gasteiger partial charge in [0, 0.05) is 51.7 Å². The fourth-order valence-electron chi connectivity index (χ4n) is 7.87. The Kier molecular flexibility index (Phi) is 27.7. The van der Waals surface area contributed by atoms with E-state index in [0.29, 0.717) is 61.0 Å². The fraction of sp³-hybridized carbons (Fsp3) is 0.833. The Labute approximate surface area is 388 Å². The molecule has 0 aromatic heterocycles. The van der Waals surface area contributed by atoms with Crippen LogP contribution in [0.2, 0.25) is 0 Å². The lowest BCUT2D eigenvalue weighted by Gasteiger charge is -2.43. The van der Waals surface area contributed by atoms with Gasteiger partial charge >= 0.3 is 24.1 Å². The van der Waals surface area contributed by atoms with Gasteiger partial charge in [0.2, 0.25) is 10.0 Å². The summed E-state index contributed by atoms with van der Waals surface area (Å²) in [6.45, 7) is 17.5. The van der Waals surface area contributed by atoms with Gasteiger partial charge in [-0.05, 0) is 120 Å². The number of halogens is 3. The molecule has 0 radical (unpaired) electrons. The van der Waals surface area contributed by atoms with E-state index in [-0.39, 0.29) is 66.2 Å². The van der Waals surface area contributed by atoms with Crippen molar-refractivity contribution in [2.24, 2.45) is 33.9 Å². The molecule has 0 spiro atoms. The van der Waals surface area contributed by atoms with Gasteiger partial charge in [0.1, 0.15) is 0 Å². The summed E-state index contributed by atoms with van der Waals surface area (Å²) in [5.41, 5.74) is 18.6. The molecular weight excluding hydrogens is 912 g/mol. The van der Waals surface area contributed by atoms with E-state index in [1.54, 1.807) is 13.8 Å². The number of piperidine rings is 2. The van der Waals surface area contributed by atoms with Gasteiger partial charge in [-0.25, -0.2) is 35.9 Å². The molecule has 19 nitrogen and oxygen atoms in total. The van der Waals surface area contributed by atoms with E-state index in [2.05, 4.69) is 35.0 Å². The van der Waals surface area contributed by atoms with Crippen LogP contribution >= 0.6 is 0 Å². The molecule has 0 saturated carbocycles. The number of nitrogens with zero attached hydrogens (tertiary/aromatic N) is 7. The summed E-state index contributed by atoms with van der Waals surface area (Å²) in [6, 6.07) is -0.751.